The zero-order valence-electron chi connectivity index (χ0n) is 11.1. The minimum absolute atomic E-state index is 0.0767. The van der Waals surface area contributed by atoms with E-state index in [1.54, 1.807) is 6.07 Å². The van der Waals surface area contributed by atoms with Crippen molar-refractivity contribution in [3.63, 3.8) is 0 Å². The smallest absolute Gasteiger partial charge is 0.236 e. The summed E-state index contributed by atoms with van der Waals surface area (Å²) < 4.78 is 0.960. The largest absolute Gasteiger partial charge is 0.399 e. The van der Waals surface area contributed by atoms with E-state index in [1.807, 2.05) is 19.1 Å². The van der Waals surface area contributed by atoms with Crippen molar-refractivity contribution in [2.75, 3.05) is 29.2 Å². The Labute approximate surface area is 125 Å². The van der Waals surface area contributed by atoms with Crippen LogP contribution in [0.4, 0.5) is 10.8 Å². The lowest BCUT2D eigenvalue weighted by molar-refractivity contribution is -0.113. The number of carbonyl (C=O) groups excluding carboxylic acids is 1. The molecule has 1 unspecified atom stereocenters. The van der Waals surface area contributed by atoms with Gasteiger partial charge in [-0.05, 0) is 29.9 Å². The van der Waals surface area contributed by atoms with Gasteiger partial charge in [-0.3, -0.25) is 4.79 Å². The molecular formula is C13H17N3O2S2. The topological polar surface area (TPSA) is 88.2 Å². The Morgan fingerprint density at radius 2 is 2.40 bits per heavy atom. The van der Waals surface area contributed by atoms with Crippen LogP contribution in [0.1, 0.15) is 6.92 Å². The first-order chi connectivity index (χ1) is 9.58. The number of anilines is 2. The number of thiazole rings is 1. The SMILES string of the molecule is CC(CO)CSCC(=O)Nc1nc2ccc(N)cc2s1. The van der Waals surface area contributed by atoms with Crippen molar-refractivity contribution in [3.8, 4) is 0 Å². The van der Waals surface area contributed by atoms with Crippen molar-refractivity contribution in [2.45, 2.75) is 6.92 Å². The van der Waals surface area contributed by atoms with Crippen LogP contribution < -0.4 is 11.1 Å². The first-order valence-electron chi connectivity index (χ1n) is 6.23. The van der Waals surface area contributed by atoms with Gasteiger partial charge in [0.15, 0.2) is 5.13 Å². The van der Waals surface area contributed by atoms with Crippen LogP contribution in [-0.4, -0.2) is 34.1 Å². The number of rotatable bonds is 6. The predicted octanol–water partition coefficient (Wildman–Crippen LogP) is 2.18. The van der Waals surface area contributed by atoms with Crippen LogP contribution >= 0.6 is 23.1 Å². The van der Waals surface area contributed by atoms with Crippen molar-refractivity contribution in [2.24, 2.45) is 5.92 Å². The number of hydrogen-bond acceptors (Lipinski definition) is 6. The summed E-state index contributed by atoms with van der Waals surface area (Å²) in [5, 5.41) is 12.3. The van der Waals surface area contributed by atoms with E-state index in [-0.39, 0.29) is 18.4 Å². The first kappa shape index (κ1) is 15.1. The molecule has 2 rings (SSSR count). The number of aliphatic hydroxyl groups excluding tert-OH is 1. The number of aliphatic hydroxyl groups is 1. The second-order valence-electron chi connectivity index (χ2n) is 4.60. The van der Waals surface area contributed by atoms with Crippen LogP contribution in [-0.2, 0) is 4.79 Å². The molecule has 0 fully saturated rings. The third-order valence-electron chi connectivity index (χ3n) is 2.61. The number of nitrogen functional groups attached to an aromatic ring is 1. The van der Waals surface area contributed by atoms with Crippen molar-refractivity contribution in [1.82, 2.24) is 4.98 Å². The summed E-state index contributed by atoms with van der Waals surface area (Å²) in [6.07, 6.45) is 0. The first-order valence-corrected chi connectivity index (χ1v) is 8.20. The van der Waals surface area contributed by atoms with Gasteiger partial charge in [0, 0.05) is 12.3 Å². The average molecular weight is 311 g/mol. The van der Waals surface area contributed by atoms with Gasteiger partial charge in [0.25, 0.3) is 0 Å². The Morgan fingerprint density at radius 1 is 1.60 bits per heavy atom. The summed E-state index contributed by atoms with van der Waals surface area (Å²) in [5.74, 6) is 1.26. The number of hydrogen-bond donors (Lipinski definition) is 3. The van der Waals surface area contributed by atoms with Gasteiger partial charge in [-0.2, -0.15) is 11.8 Å². The van der Waals surface area contributed by atoms with Gasteiger partial charge in [0.1, 0.15) is 0 Å². The molecule has 1 heterocycles. The van der Waals surface area contributed by atoms with Crippen molar-refractivity contribution in [1.29, 1.82) is 0 Å². The molecule has 5 nitrogen and oxygen atoms in total. The Kier molecular flexibility index (Phi) is 5.22. The highest BCUT2D eigenvalue weighted by Gasteiger charge is 2.09. The lowest BCUT2D eigenvalue weighted by atomic mass is 10.2. The molecule has 0 aliphatic rings. The summed E-state index contributed by atoms with van der Waals surface area (Å²) >= 11 is 2.92. The average Bonchev–Trinajstić information content (AvgIpc) is 2.79. The summed E-state index contributed by atoms with van der Waals surface area (Å²) in [6.45, 7) is 2.09. The van der Waals surface area contributed by atoms with Gasteiger partial charge in [0.2, 0.25) is 5.91 Å². The van der Waals surface area contributed by atoms with Gasteiger partial charge in [0.05, 0.1) is 16.0 Å². The number of thioether (sulfide) groups is 1. The third-order valence-corrected chi connectivity index (χ3v) is 4.81. The lowest BCUT2D eigenvalue weighted by Gasteiger charge is -2.06. The summed E-state index contributed by atoms with van der Waals surface area (Å²) in [4.78, 5) is 16.1. The minimum Gasteiger partial charge on any atom is -0.399 e. The Hall–Kier alpha value is -1.31. The molecule has 7 heteroatoms. The van der Waals surface area contributed by atoms with E-state index in [1.165, 1.54) is 23.1 Å². The van der Waals surface area contributed by atoms with Crippen molar-refractivity contribution in [3.05, 3.63) is 18.2 Å². The maximum atomic E-state index is 11.8. The van der Waals surface area contributed by atoms with Crippen molar-refractivity contribution >= 4 is 50.0 Å². The lowest BCUT2D eigenvalue weighted by Crippen LogP contribution is -2.15. The fourth-order valence-corrected chi connectivity index (χ4v) is 3.37. The molecule has 1 amide bonds. The van der Waals surface area contributed by atoms with Crippen molar-refractivity contribution < 1.29 is 9.90 Å². The normalized spacial score (nSPS) is 12.5. The summed E-state index contributed by atoms with van der Waals surface area (Å²) in [7, 11) is 0. The number of benzene rings is 1. The van der Waals surface area contributed by atoms with Crippen LogP contribution in [0.25, 0.3) is 10.2 Å². The molecule has 108 valence electrons. The van der Waals surface area contributed by atoms with Crippen LogP contribution in [0.5, 0.6) is 0 Å². The molecule has 0 radical (unpaired) electrons. The second kappa shape index (κ2) is 6.92. The standard InChI is InChI=1S/C13H17N3O2S2/c1-8(5-17)6-19-7-12(18)16-13-15-10-3-2-9(14)4-11(10)20-13/h2-4,8,17H,5-7,14H2,1H3,(H,15,16,18). The number of nitrogens with zero attached hydrogens (tertiary/aromatic N) is 1. The summed E-state index contributed by atoms with van der Waals surface area (Å²) in [6, 6.07) is 5.48. The molecule has 1 atom stereocenters. The highest BCUT2D eigenvalue weighted by molar-refractivity contribution is 7.99. The number of aromatic nitrogens is 1. The summed E-state index contributed by atoms with van der Waals surface area (Å²) in [5.41, 5.74) is 7.23. The van der Waals surface area contributed by atoms with Gasteiger partial charge in [-0.25, -0.2) is 4.98 Å². The van der Waals surface area contributed by atoms with E-state index < -0.39 is 0 Å². The Morgan fingerprint density at radius 3 is 3.15 bits per heavy atom. The number of amides is 1. The van der Waals surface area contributed by atoms with Crippen LogP contribution in [0.2, 0.25) is 0 Å². The fourth-order valence-electron chi connectivity index (χ4n) is 1.56. The predicted molar refractivity (Wildman–Crippen MR) is 86.2 cm³/mol. The molecule has 0 spiro atoms. The molecule has 0 bridgehead atoms. The van der Waals surface area contributed by atoms with E-state index in [2.05, 4.69) is 10.3 Å². The molecule has 0 aliphatic carbocycles. The van der Waals surface area contributed by atoms with E-state index in [0.717, 1.165) is 16.0 Å². The van der Waals surface area contributed by atoms with Crippen LogP contribution in [0.3, 0.4) is 0 Å². The highest BCUT2D eigenvalue weighted by atomic mass is 32.2. The monoisotopic (exact) mass is 311 g/mol. The molecule has 2 aromatic rings. The van der Waals surface area contributed by atoms with Gasteiger partial charge < -0.3 is 16.2 Å². The van der Waals surface area contributed by atoms with E-state index in [0.29, 0.717) is 16.6 Å². The fraction of sp³-hybridized carbons (Fsp3) is 0.385. The zero-order valence-corrected chi connectivity index (χ0v) is 12.8. The molecule has 20 heavy (non-hydrogen) atoms. The van der Waals surface area contributed by atoms with Crippen LogP contribution in [0, 0.1) is 5.92 Å². The van der Waals surface area contributed by atoms with Gasteiger partial charge >= 0.3 is 0 Å². The molecule has 1 aromatic carbocycles. The third kappa shape index (κ3) is 4.09. The van der Waals surface area contributed by atoms with Gasteiger partial charge in [-0.1, -0.05) is 18.3 Å². The number of carbonyl (C=O) groups is 1. The molecule has 0 saturated heterocycles. The van der Waals surface area contributed by atoms with E-state index >= 15 is 0 Å². The quantitative estimate of drug-likeness (QED) is 0.712. The zero-order chi connectivity index (χ0) is 14.5. The van der Waals surface area contributed by atoms with E-state index in [4.69, 9.17) is 10.8 Å². The number of nitrogens with one attached hydrogen (secondary N) is 1. The molecule has 4 N–H and O–H groups in total. The Balaban J connectivity index is 1.89. The maximum absolute atomic E-state index is 11.8. The molecular weight excluding hydrogens is 294 g/mol. The minimum atomic E-state index is -0.0767. The molecule has 1 aromatic heterocycles. The van der Waals surface area contributed by atoms with Crippen LogP contribution in [0.15, 0.2) is 18.2 Å². The van der Waals surface area contributed by atoms with E-state index in [9.17, 15) is 4.79 Å². The molecule has 0 aliphatic heterocycles. The highest BCUT2D eigenvalue weighted by Crippen LogP contribution is 2.27. The second-order valence-corrected chi connectivity index (χ2v) is 6.66. The molecule has 0 saturated carbocycles. The maximum Gasteiger partial charge on any atom is 0.236 e. The number of nitrogens with two attached hydrogens (primary N) is 1. The van der Waals surface area contributed by atoms with Gasteiger partial charge in [-0.15, -0.1) is 0 Å². The Bertz CT molecular complexity index is 600. The number of fused-ring (bicyclic) bond motifs is 1.